The molecule has 0 saturated heterocycles. The molecule has 0 amide bonds. The highest BCUT2D eigenvalue weighted by molar-refractivity contribution is 7.92. The monoisotopic (exact) mass is 1310 g/mol. The standard InChI is InChI=1S/C34H27F2N3O6S.C31H21F2N3O6S.C2H7NO/c1-38(46(2,42)43)27-17-31-23(32(29(41)7-4-14-40)34(45-31)19-8-10-20(35)11-9-19)15-22(27)25-12-13-30-33(37-25)28-16-21-24(36)5-3-6-26(21)39(28)18-44-30;1-35(43(2,39)40)24-14-27-20(28(31(37)38)30(42-27)16-6-8-17(32)9-7-16)12-19(24)22-10-11-26-29(34-22)25-13-18-21(33)4-3-5-23(18)36(25)15-41-26;3-1-2-4/h3,5-6,8-13,15-17,40H,4,7,14,18H2,1-2H3;3-14H,15H2,1-2H3,(H,37,38);4H,1-3H2. The van der Waals surface area contributed by atoms with E-state index in [9.17, 15) is 54.2 Å². The quantitative estimate of drug-likeness (QED) is 0.0582. The molecule has 93 heavy (non-hydrogen) atoms. The van der Waals surface area contributed by atoms with Gasteiger partial charge >= 0.3 is 5.97 Å². The average molecular weight is 1310 g/mol. The van der Waals surface area contributed by atoms with Gasteiger partial charge in [-0.15, -0.1) is 0 Å². The van der Waals surface area contributed by atoms with Crippen LogP contribution >= 0.6 is 0 Å². The molecular weight excluding hydrogens is 1250 g/mol. The van der Waals surface area contributed by atoms with Crippen LogP contribution in [-0.4, -0.2) is 109 Å². The maximum absolute atomic E-state index is 14.7. The summed E-state index contributed by atoms with van der Waals surface area (Å²) in [6, 6.07) is 36.5. The van der Waals surface area contributed by atoms with Crippen LogP contribution in [0.4, 0.5) is 28.9 Å². The maximum atomic E-state index is 14.7. The van der Waals surface area contributed by atoms with Crippen molar-refractivity contribution in [2.45, 2.75) is 26.3 Å². The Hall–Kier alpha value is -10.4. The van der Waals surface area contributed by atoms with Gasteiger partial charge in [0.05, 0.1) is 69.9 Å². The smallest absolute Gasteiger partial charge is 0.340 e. The molecule has 12 aromatic rings. The lowest BCUT2D eigenvalue weighted by Gasteiger charge is -2.23. The first-order valence-electron chi connectivity index (χ1n) is 28.6. The molecule has 8 heterocycles. The molecule has 2 aliphatic heterocycles. The van der Waals surface area contributed by atoms with Gasteiger partial charge in [0, 0.05) is 89.6 Å². The molecule has 0 unspecified atom stereocenters. The summed E-state index contributed by atoms with van der Waals surface area (Å²) in [4.78, 5) is 35.8. The van der Waals surface area contributed by atoms with Gasteiger partial charge in [0.15, 0.2) is 19.2 Å². The maximum Gasteiger partial charge on any atom is 0.340 e. The number of benzene rings is 6. The molecule has 0 spiro atoms. The number of halogens is 4. The molecule has 0 fully saturated rings. The van der Waals surface area contributed by atoms with Crippen molar-refractivity contribution >= 4 is 86.9 Å². The Kier molecular flexibility index (Phi) is 16.7. The Bertz CT molecular complexity index is 5220. The number of nitrogens with zero attached hydrogens (tertiary/aromatic N) is 6. The summed E-state index contributed by atoms with van der Waals surface area (Å²) in [5.41, 5.74) is 11.1. The van der Waals surface area contributed by atoms with E-state index >= 15 is 0 Å². The number of carboxylic acid groups (broad SMARTS) is 1. The third-order valence-electron chi connectivity index (χ3n) is 15.9. The van der Waals surface area contributed by atoms with Gasteiger partial charge in [0.25, 0.3) is 0 Å². The predicted octanol–water partition coefficient (Wildman–Crippen LogP) is 12.2. The van der Waals surface area contributed by atoms with Crippen molar-refractivity contribution in [2.24, 2.45) is 5.73 Å². The number of furan rings is 2. The number of aliphatic hydroxyl groups is 2. The molecule has 20 nitrogen and oxygen atoms in total. The number of aliphatic hydroxyl groups excluding tert-OH is 2. The number of carbonyl (C=O) groups is 2. The molecule has 0 atom stereocenters. The van der Waals surface area contributed by atoms with Crippen LogP contribution < -0.4 is 23.8 Å². The second-order valence-corrected chi connectivity index (χ2v) is 25.8. The van der Waals surface area contributed by atoms with E-state index in [2.05, 4.69) is 0 Å². The molecular formula is C67H55F4N7O13S2. The Morgan fingerprint density at radius 3 is 1.39 bits per heavy atom. The van der Waals surface area contributed by atoms with Gasteiger partial charge < -0.3 is 48.5 Å². The first-order valence-corrected chi connectivity index (χ1v) is 32.3. The molecule has 14 rings (SSSR count). The van der Waals surface area contributed by atoms with E-state index in [0.29, 0.717) is 102 Å². The van der Waals surface area contributed by atoms with Crippen molar-refractivity contribution in [3.8, 4) is 79.4 Å². The summed E-state index contributed by atoms with van der Waals surface area (Å²) in [6.45, 7) is 0.585. The van der Waals surface area contributed by atoms with Crippen LogP contribution in [0.3, 0.4) is 0 Å². The highest BCUT2D eigenvalue weighted by Gasteiger charge is 2.32. The van der Waals surface area contributed by atoms with E-state index in [0.717, 1.165) is 21.1 Å². The van der Waals surface area contributed by atoms with Gasteiger partial charge in [-0.1, -0.05) is 12.1 Å². The molecule has 26 heteroatoms. The van der Waals surface area contributed by atoms with Crippen LogP contribution in [0.1, 0.15) is 33.6 Å². The predicted molar refractivity (Wildman–Crippen MR) is 343 cm³/mol. The van der Waals surface area contributed by atoms with Gasteiger partial charge in [-0.05, 0) is 128 Å². The van der Waals surface area contributed by atoms with Crippen molar-refractivity contribution < 1.29 is 77.6 Å². The van der Waals surface area contributed by atoms with Crippen LogP contribution in [0.5, 0.6) is 11.5 Å². The number of sulfonamides is 2. The molecule has 2 aliphatic rings. The minimum Gasteiger partial charge on any atom is -0.478 e. The number of rotatable bonds is 14. The molecule has 476 valence electrons. The highest BCUT2D eigenvalue weighted by Crippen LogP contribution is 2.47. The van der Waals surface area contributed by atoms with E-state index < -0.39 is 43.5 Å². The van der Waals surface area contributed by atoms with Crippen molar-refractivity contribution in [2.75, 3.05) is 55.0 Å². The van der Waals surface area contributed by atoms with Crippen LogP contribution in [0.2, 0.25) is 0 Å². The van der Waals surface area contributed by atoms with Crippen LogP contribution in [0.25, 0.3) is 112 Å². The molecule has 0 saturated carbocycles. The molecule has 6 aromatic heterocycles. The minimum absolute atomic E-state index is 0.00838. The number of ether oxygens (including phenoxy) is 2. The number of hydrogen-bond donors (Lipinski definition) is 4. The van der Waals surface area contributed by atoms with Crippen LogP contribution in [0, 0.1) is 23.3 Å². The number of ketones is 1. The first-order chi connectivity index (χ1) is 44.5. The lowest BCUT2D eigenvalue weighted by molar-refractivity contribution is 0.0698. The molecule has 0 bridgehead atoms. The summed E-state index contributed by atoms with van der Waals surface area (Å²) in [6.07, 6.45) is 2.35. The van der Waals surface area contributed by atoms with E-state index in [1.54, 1.807) is 71.3 Å². The molecule has 5 N–H and O–H groups in total. The number of hydrogen-bond acceptors (Lipinski definition) is 15. The zero-order valence-electron chi connectivity index (χ0n) is 49.8. The topological polar surface area (TPSA) is 276 Å². The fraction of sp³-hybridized carbons (Fsp3) is 0.164. The fourth-order valence-electron chi connectivity index (χ4n) is 11.2. The molecule has 0 aliphatic carbocycles. The Morgan fingerprint density at radius 1 is 0.570 bits per heavy atom. The summed E-state index contributed by atoms with van der Waals surface area (Å²) >= 11 is 0. The van der Waals surface area contributed by atoms with E-state index in [1.807, 2.05) is 4.57 Å². The van der Waals surface area contributed by atoms with Crippen LogP contribution in [-0.2, 0) is 33.5 Å². The SMILES string of the molecule is CN(c1cc2oc(-c3ccc(F)cc3)c(C(=O)CCCO)c2cc1-c1ccc2c(n1)-c1cc3c(F)cccc3n1CO2)S(C)(=O)=O.CN(c1cc2oc(-c3ccc(F)cc3)c(C(=O)O)c2cc1-c1ccc2c(n1)-c1cc3c(F)cccc3n1CO2)S(C)(=O)=O.NCCO. The van der Waals surface area contributed by atoms with Crippen LogP contribution in [0.15, 0.2) is 154 Å². The zero-order valence-corrected chi connectivity index (χ0v) is 51.5. The highest BCUT2D eigenvalue weighted by atomic mass is 32.2. The summed E-state index contributed by atoms with van der Waals surface area (Å²) < 4.78 is 138. The Labute approximate surface area is 527 Å². The normalized spacial score (nSPS) is 12.4. The van der Waals surface area contributed by atoms with E-state index in [1.165, 1.54) is 93.0 Å². The molecule has 0 radical (unpaired) electrons. The van der Waals surface area contributed by atoms with Gasteiger partial charge in [-0.3, -0.25) is 13.4 Å². The number of nitrogens with two attached hydrogens (primary N) is 1. The number of anilines is 2. The first kappa shape index (κ1) is 62.8. The van der Waals surface area contributed by atoms with Crippen molar-refractivity contribution in [1.82, 2.24) is 19.1 Å². The fourth-order valence-corrected chi connectivity index (χ4v) is 12.3. The van der Waals surface area contributed by atoms with Gasteiger partial charge in [-0.25, -0.2) is 49.2 Å². The second-order valence-electron chi connectivity index (χ2n) is 21.8. The van der Waals surface area contributed by atoms with E-state index in [-0.39, 0.29) is 102 Å². The number of Topliss-reactive ketones (excluding diaryl/α,β-unsaturated/α-hetero) is 1. The Morgan fingerprint density at radius 2 is 0.989 bits per heavy atom. The zero-order chi connectivity index (χ0) is 65.9. The largest absolute Gasteiger partial charge is 0.478 e. The number of carboxylic acids is 1. The number of carbonyl (C=O) groups excluding carboxylic acids is 1. The summed E-state index contributed by atoms with van der Waals surface area (Å²) in [5, 5.41) is 28.8. The Balaban J connectivity index is 0.000000170. The molecule has 6 aromatic carbocycles. The van der Waals surface area contributed by atoms with E-state index in [4.69, 9.17) is 39.1 Å². The van der Waals surface area contributed by atoms with Crippen molar-refractivity contribution in [3.05, 3.63) is 180 Å². The lowest BCUT2D eigenvalue weighted by Crippen LogP contribution is -2.25. The second kappa shape index (κ2) is 24.7. The number of aromatic nitrogens is 4. The van der Waals surface area contributed by atoms with Crippen molar-refractivity contribution in [1.29, 1.82) is 0 Å². The lowest BCUT2D eigenvalue weighted by atomic mass is 9.97. The van der Waals surface area contributed by atoms with Gasteiger partial charge in [0.2, 0.25) is 20.0 Å². The number of aromatic carboxylic acids is 1. The number of fused-ring (bicyclic) bond motifs is 12. The third-order valence-corrected chi connectivity index (χ3v) is 18.3. The summed E-state index contributed by atoms with van der Waals surface area (Å²) in [7, 11) is -4.79. The minimum atomic E-state index is -3.78. The van der Waals surface area contributed by atoms with Gasteiger partial charge in [-0.2, -0.15) is 0 Å². The summed E-state index contributed by atoms with van der Waals surface area (Å²) in [5.74, 6) is -2.21. The number of pyridine rings is 2. The average Bonchev–Trinajstić information content (AvgIpc) is 1.67. The van der Waals surface area contributed by atoms with Gasteiger partial charge in [0.1, 0.15) is 74.4 Å². The third kappa shape index (κ3) is 11.7. The van der Waals surface area contributed by atoms with Crippen molar-refractivity contribution in [3.63, 3.8) is 0 Å².